The van der Waals surface area contributed by atoms with Crippen molar-refractivity contribution >= 4 is 11.6 Å². The Kier molecular flexibility index (Phi) is 4.39. The molecule has 0 radical (unpaired) electrons. The molecule has 0 bridgehead atoms. The monoisotopic (exact) mass is 361 g/mol. The topological polar surface area (TPSA) is 56.3 Å². The van der Waals surface area contributed by atoms with Gasteiger partial charge in [0.05, 0.1) is 13.3 Å². The number of methoxy groups -OCH3 is 1. The Morgan fingerprint density at radius 1 is 1.08 bits per heavy atom. The van der Waals surface area contributed by atoms with E-state index in [1.54, 1.807) is 18.2 Å². The number of ether oxygens (including phenoxy) is 1. The number of halogens is 3. The van der Waals surface area contributed by atoms with Gasteiger partial charge in [0.2, 0.25) is 0 Å². The summed E-state index contributed by atoms with van der Waals surface area (Å²) < 4.78 is 44.2. The van der Waals surface area contributed by atoms with Gasteiger partial charge in [0.15, 0.2) is 11.6 Å². The molecule has 2 aromatic rings. The lowest BCUT2D eigenvalue weighted by Gasteiger charge is -2.19. The summed E-state index contributed by atoms with van der Waals surface area (Å²) in [5, 5.41) is 0. The summed E-state index contributed by atoms with van der Waals surface area (Å²) in [7, 11) is 1.12. The molecule has 0 aliphatic heterocycles. The lowest BCUT2D eigenvalue weighted by molar-refractivity contribution is -0.138. The summed E-state index contributed by atoms with van der Waals surface area (Å²) in [6.07, 6.45) is -3.82. The number of allylic oxidation sites excluding steroid dienone is 2. The van der Waals surface area contributed by atoms with E-state index in [0.29, 0.717) is 5.56 Å². The third-order valence-corrected chi connectivity index (χ3v) is 4.29. The molecule has 0 saturated heterocycles. The van der Waals surface area contributed by atoms with Crippen LogP contribution >= 0.6 is 0 Å². The first kappa shape index (κ1) is 17.8. The van der Waals surface area contributed by atoms with Gasteiger partial charge in [-0.3, -0.25) is 14.6 Å². The second-order valence-electron chi connectivity index (χ2n) is 5.86. The maximum absolute atomic E-state index is 13.2. The van der Waals surface area contributed by atoms with Crippen LogP contribution < -0.4 is 4.74 Å². The first-order valence-electron chi connectivity index (χ1n) is 7.72. The van der Waals surface area contributed by atoms with Crippen LogP contribution in [0.4, 0.5) is 13.2 Å². The van der Waals surface area contributed by atoms with Gasteiger partial charge < -0.3 is 4.74 Å². The highest BCUT2D eigenvalue weighted by Crippen LogP contribution is 2.37. The molecule has 1 aliphatic rings. The Morgan fingerprint density at radius 2 is 1.69 bits per heavy atom. The zero-order valence-electron chi connectivity index (χ0n) is 14.0. The molecule has 26 heavy (non-hydrogen) atoms. The minimum Gasteiger partial charge on any atom is -0.495 e. The van der Waals surface area contributed by atoms with Gasteiger partial charge in [-0.1, -0.05) is 24.3 Å². The van der Waals surface area contributed by atoms with E-state index in [9.17, 15) is 22.8 Å². The molecule has 0 atom stereocenters. The van der Waals surface area contributed by atoms with Gasteiger partial charge in [0.1, 0.15) is 11.3 Å². The number of nitrogens with zero attached hydrogens (tertiary/aromatic N) is 1. The van der Waals surface area contributed by atoms with E-state index < -0.39 is 17.5 Å². The minimum atomic E-state index is -4.62. The molecule has 134 valence electrons. The maximum atomic E-state index is 13.2. The van der Waals surface area contributed by atoms with Crippen molar-refractivity contribution in [2.75, 3.05) is 7.11 Å². The number of carbonyl (C=O) groups excluding carboxylic acids is 2. The van der Waals surface area contributed by atoms with Gasteiger partial charge in [-0.25, -0.2) is 0 Å². The molecule has 3 rings (SSSR count). The van der Waals surface area contributed by atoms with E-state index in [-0.39, 0.29) is 40.4 Å². The van der Waals surface area contributed by atoms with Gasteiger partial charge in [0.25, 0.3) is 0 Å². The lowest BCUT2D eigenvalue weighted by atomic mass is 9.83. The quantitative estimate of drug-likeness (QED) is 0.828. The average molecular weight is 361 g/mol. The molecule has 0 fully saturated rings. The number of carbonyl (C=O) groups is 2. The van der Waals surface area contributed by atoms with Crippen LogP contribution in [0.25, 0.3) is 0 Å². The van der Waals surface area contributed by atoms with Crippen LogP contribution in [0, 0.1) is 0 Å². The molecule has 1 aliphatic carbocycles. The van der Waals surface area contributed by atoms with Gasteiger partial charge in [-0.05, 0) is 13.0 Å². The van der Waals surface area contributed by atoms with Crippen LogP contribution in [0.2, 0.25) is 0 Å². The molecule has 7 heteroatoms. The standard InChI is InChI=1S/C19H14F3NO3/c1-10-14(18(25)13-6-4-3-5-12(13)17(10)24)7-11-8-15(19(20,21)22)16(26-2)9-23-11/h3-6,8-9H,7H2,1-2H3. The predicted molar refractivity (Wildman–Crippen MR) is 87.3 cm³/mol. The Hall–Kier alpha value is -2.96. The molecule has 0 N–H and O–H groups in total. The number of benzene rings is 1. The molecular weight excluding hydrogens is 347 g/mol. The molecule has 0 amide bonds. The number of aromatic nitrogens is 1. The van der Waals surface area contributed by atoms with Crippen molar-refractivity contribution in [2.45, 2.75) is 19.5 Å². The third-order valence-electron chi connectivity index (χ3n) is 4.29. The van der Waals surface area contributed by atoms with Gasteiger partial charge in [-0.2, -0.15) is 13.2 Å². The van der Waals surface area contributed by atoms with Gasteiger partial charge in [0, 0.05) is 34.4 Å². The van der Waals surface area contributed by atoms with Crippen LogP contribution in [0.3, 0.4) is 0 Å². The van der Waals surface area contributed by atoms with E-state index in [1.165, 1.54) is 13.0 Å². The maximum Gasteiger partial charge on any atom is 0.420 e. The number of ketones is 2. The van der Waals surface area contributed by atoms with Gasteiger partial charge in [-0.15, -0.1) is 0 Å². The lowest BCUT2D eigenvalue weighted by Crippen LogP contribution is -2.22. The average Bonchev–Trinajstić information content (AvgIpc) is 2.62. The summed E-state index contributed by atoms with van der Waals surface area (Å²) in [6.45, 7) is 1.50. The number of fused-ring (bicyclic) bond motifs is 1. The summed E-state index contributed by atoms with van der Waals surface area (Å²) in [5.74, 6) is -1.08. The number of alkyl halides is 3. The molecular formula is C19H14F3NO3. The number of Topliss-reactive ketones (excluding diaryl/α,β-unsaturated/α-hetero) is 2. The molecule has 4 nitrogen and oxygen atoms in total. The van der Waals surface area contributed by atoms with Crippen molar-refractivity contribution in [3.8, 4) is 5.75 Å². The number of rotatable bonds is 3. The fourth-order valence-electron chi connectivity index (χ4n) is 2.91. The van der Waals surface area contributed by atoms with E-state index in [0.717, 1.165) is 19.4 Å². The summed E-state index contributed by atoms with van der Waals surface area (Å²) >= 11 is 0. The molecule has 0 saturated carbocycles. The SMILES string of the molecule is COc1cnc(CC2=C(C)C(=O)c3ccccc3C2=O)cc1C(F)(F)F. The summed E-state index contributed by atoms with van der Waals surface area (Å²) in [4.78, 5) is 29.1. The minimum absolute atomic E-state index is 0.0352. The highest BCUT2D eigenvalue weighted by molar-refractivity contribution is 6.26. The molecule has 0 unspecified atom stereocenters. The van der Waals surface area contributed by atoms with Crippen molar-refractivity contribution in [3.05, 3.63) is 70.1 Å². The molecule has 1 heterocycles. The van der Waals surface area contributed by atoms with Gasteiger partial charge >= 0.3 is 6.18 Å². The fourth-order valence-corrected chi connectivity index (χ4v) is 2.91. The van der Waals surface area contributed by atoms with E-state index in [1.807, 2.05) is 0 Å². The van der Waals surface area contributed by atoms with Crippen molar-refractivity contribution < 1.29 is 27.5 Å². The van der Waals surface area contributed by atoms with E-state index >= 15 is 0 Å². The molecule has 1 aromatic heterocycles. The first-order valence-corrected chi connectivity index (χ1v) is 7.72. The fraction of sp³-hybridized carbons (Fsp3) is 0.211. The highest BCUT2D eigenvalue weighted by Gasteiger charge is 2.35. The number of hydrogen-bond donors (Lipinski definition) is 0. The Balaban J connectivity index is 2.03. The Morgan fingerprint density at radius 3 is 2.27 bits per heavy atom. The van der Waals surface area contributed by atoms with Crippen molar-refractivity contribution in [2.24, 2.45) is 0 Å². The first-order chi connectivity index (χ1) is 12.2. The summed E-state index contributed by atoms with van der Waals surface area (Å²) in [5.41, 5.74) is -0.00862. The van der Waals surface area contributed by atoms with Crippen molar-refractivity contribution in [1.82, 2.24) is 4.98 Å². The van der Waals surface area contributed by atoms with Crippen molar-refractivity contribution in [3.63, 3.8) is 0 Å². The van der Waals surface area contributed by atoms with Crippen LogP contribution in [0.1, 0.15) is 38.9 Å². The Bertz CT molecular complexity index is 945. The second-order valence-corrected chi connectivity index (χ2v) is 5.86. The highest BCUT2D eigenvalue weighted by atomic mass is 19.4. The summed E-state index contributed by atoms with van der Waals surface area (Å²) in [6, 6.07) is 7.23. The molecule has 0 spiro atoms. The van der Waals surface area contributed by atoms with Crippen LogP contribution in [0.5, 0.6) is 5.75 Å². The second kappa shape index (κ2) is 6.40. The normalized spacial score (nSPS) is 14.5. The van der Waals surface area contributed by atoms with Crippen LogP contribution in [0.15, 0.2) is 47.7 Å². The van der Waals surface area contributed by atoms with Crippen LogP contribution in [-0.2, 0) is 12.6 Å². The zero-order chi connectivity index (χ0) is 19.1. The largest absolute Gasteiger partial charge is 0.495 e. The Labute approximate surface area is 147 Å². The third kappa shape index (κ3) is 3.00. The van der Waals surface area contributed by atoms with E-state index in [4.69, 9.17) is 4.74 Å². The van der Waals surface area contributed by atoms with E-state index in [2.05, 4.69) is 4.98 Å². The number of hydrogen-bond acceptors (Lipinski definition) is 4. The van der Waals surface area contributed by atoms with Crippen molar-refractivity contribution in [1.29, 1.82) is 0 Å². The predicted octanol–water partition coefficient (Wildman–Crippen LogP) is 4.05. The van der Waals surface area contributed by atoms with Crippen LogP contribution in [-0.4, -0.2) is 23.7 Å². The molecule has 1 aromatic carbocycles. The zero-order valence-corrected chi connectivity index (χ0v) is 14.0. The smallest absolute Gasteiger partial charge is 0.420 e. The number of pyridine rings is 1.